The standard InChI is InChI=1S/C16H20O3/c1-11(2)15-10-7-13(16(18)19-15)6-3-12-4-8-14(17)9-5-12/h4-5,7-9,11,15,17H,3,6,10H2,1-2H3. The molecule has 1 N–H and O–H groups in total. The van der Waals surface area contributed by atoms with Gasteiger partial charge in [-0.2, -0.15) is 0 Å². The third kappa shape index (κ3) is 3.60. The summed E-state index contributed by atoms with van der Waals surface area (Å²) in [6, 6.07) is 7.08. The Hall–Kier alpha value is -1.77. The van der Waals surface area contributed by atoms with Crippen molar-refractivity contribution in [1.29, 1.82) is 0 Å². The van der Waals surface area contributed by atoms with Crippen molar-refractivity contribution in [3.63, 3.8) is 0 Å². The number of benzene rings is 1. The third-order valence-corrected chi connectivity index (χ3v) is 3.48. The highest BCUT2D eigenvalue weighted by Crippen LogP contribution is 2.23. The van der Waals surface area contributed by atoms with Crippen molar-refractivity contribution >= 4 is 5.97 Å². The Morgan fingerprint density at radius 1 is 1.26 bits per heavy atom. The Labute approximate surface area is 113 Å². The zero-order chi connectivity index (χ0) is 13.8. The van der Waals surface area contributed by atoms with Crippen molar-refractivity contribution in [2.75, 3.05) is 0 Å². The van der Waals surface area contributed by atoms with Gasteiger partial charge in [-0.1, -0.05) is 32.1 Å². The van der Waals surface area contributed by atoms with Gasteiger partial charge < -0.3 is 9.84 Å². The van der Waals surface area contributed by atoms with E-state index in [1.165, 1.54) is 0 Å². The van der Waals surface area contributed by atoms with E-state index in [-0.39, 0.29) is 17.8 Å². The summed E-state index contributed by atoms with van der Waals surface area (Å²) < 4.78 is 5.42. The summed E-state index contributed by atoms with van der Waals surface area (Å²) in [5, 5.41) is 9.21. The van der Waals surface area contributed by atoms with Crippen molar-refractivity contribution in [1.82, 2.24) is 0 Å². The van der Waals surface area contributed by atoms with Gasteiger partial charge in [0.1, 0.15) is 11.9 Å². The van der Waals surface area contributed by atoms with Crippen LogP contribution in [0.2, 0.25) is 0 Å². The number of rotatable bonds is 4. The van der Waals surface area contributed by atoms with Gasteiger partial charge in [-0.3, -0.25) is 0 Å². The van der Waals surface area contributed by atoms with Crippen LogP contribution in [0.5, 0.6) is 5.75 Å². The van der Waals surface area contributed by atoms with E-state index >= 15 is 0 Å². The summed E-state index contributed by atoms with van der Waals surface area (Å²) in [5.41, 5.74) is 1.88. The Morgan fingerprint density at radius 3 is 2.53 bits per heavy atom. The third-order valence-electron chi connectivity index (χ3n) is 3.48. The van der Waals surface area contributed by atoms with E-state index in [1.807, 2.05) is 18.2 Å². The highest BCUT2D eigenvalue weighted by atomic mass is 16.5. The van der Waals surface area contributed by atoms with Crippen LogP contribution in [0.15, 0.2) is 35.9 Å². The van der Waals surface area contributed by atoms with Crippen LogP contribution in [0.1, 0.15) is 32.3 Å². The van der Waals surface area contributed by atoms with E-state index in [4.69, 9.17) is 4.74 Å². The number of phenolic OH excluding ortho intramolecular Hbond substituents is 1. The van der Waals surface area contributed by atoms with Gasteiger partial charge >= 0.3 is 5.97 Å². The first-order valence-electron chi connectivity index (χ1n) is 6.74. The summed E-state index contributed by atoms with van der Waals surface area (Å²) in [4.78, 5) is 11.9. The summed E-state index contributed by atoms with van der Waals surface area (Å²) >= 11 is 0. The summed E-state index contributed by atoms with van der Waals surface area (Å²) in [5.74, 6) is 0.447. The van der Waals surface area contributed by atoms with E-state index < -0.39 is 0 Å². The lowest BCUT2D eigenvalue weighted by molar-refractivity contribution is -0.147. The Balaban J connectivity index is 1.93. The number of aromatic hydroxyl groups is 1. The fourth-order valence-electron chi connectivity index (χ4n) is 2.16. The fourth-order valence-corrected chi connectivity index (χ4v) is 2.16. The molecule has 3 nitrogen and oxygen atoms in total. The molecular weight excluding hydrogens is 240 g/mol. The van der Waals surface area contributed by atoms with Gasteiger partial charge in [-0.25, -0.2) is 4.79 Å². The Morgan fingerprint density at radius 2 is 1.95 bits per heavy atom. The van der Waals surface area contributed by atoms with Crippen molar-refractivity contribution in [3.05, 3.63) is 41.5 Å². The molecule has 0 spiro atoms. The number of ether oxygens (including phenoxy) is 1. The monoisotopic (exact) mass is 260 g/mol. The normalized spacial score (nSPS) is 19.2. The Kier molecular flexibility index (Phi) is 4.25. The number of aryl methyl sites for hydroxylation is 1. The summed E-state index contributed by atoms with van der Waals surface area (Å²) in [6.07, 6.45) is 4.32. The summed E-state index contributed by atoms with van der Waals surface area (Å²) in [6.45, 7) is 4.13. The lowest BCUT2D eigenvalue weighted by Crippen LogP contribution is -2.28. The van der Waals surface area contributed by atoms with Crippen LogP contribution in [-0.2, 0) is 16.0 Å². The molecule has 0 bridgehead atoms. The van der Waals surface area contributed by atoms with Gasteiger partial charge in [0, 0.05) is 12.0 Å². The van der Waals surface area contributed by atoms with Crippen molar-refractivity contribution < 1.29 is 14.6 Å². The van der Waals surface area contributed by atoms with E-state index in [1.54, 1.807) is 12.1 Å². The molecule has 1 aliphatic heterocycles. The fraction of sp³-hybridized carbons (Fsp3) is 0.438. The van der Waals surface area contributed by atoms with Crippen LogP contribution in [0.4, 0.5) is 0 Å². The van der Waals surface area contributed by atoms with Crippen LogP contribution in [0.25, 0.3) is 0 Å². The largest absolute Gasteiger partial charge is 0.508 e. The first-order valence-corrected chi connectivity index (χ1v) is 6.74. The molecule has 1 aromatic carbocycles. The lowest BCUT2D eigenvalue weighted by atomic mass is 9.97. The molecule has 102 valence electrons. The molecular formula is C16H20O3. The maximum Gasteiger partial charge on any atom is 0.333 e. The minimum Gasteiger partial charge on any atom is -0.508 e. The van der Waals surface area contributed by atoms with Crippen LogP contribution < -0.4 is 0 Å². The Bertz CT molecular complexity index is 471. The second kappa shape index (κ2) is 5.91. The number of hydrogen-bond acceptors (Lipinski definition) is 3. The maximum absolute atomic E-state index is 11.9. The molecule has 1 atom stereocenters. The zero-order valence-corrected chi connectivity index (χ0v) is 11.4. The van der Waals surface area contributed by atoms with Crippen LogP contribution >= 0.6 is 0 Å². The minimum atomic E-state index is -0.177. The number of esters is 1. The van der Waals surface area contributed by atoms with Gasteiger partial charge in [0.2, 0.25) is 0 Å². The first kappa shape index (κ1) is 13.7. The van der Waals surface area contributed by atoms with E-state index in [9.17, 15) is 9.90 Å². The number of carbonyl (C=O) groups excluding carboxylic acids is 1. The molecule has 0 radical (unpaired) electrons. The van der Waals surface area contributed by atoms with Gasteiger partial charge in [0.15, 0.2) is 0 Å². The molecule has 0 saturated heterocycles. The van der Waals surface area contributed by atoms with E-state index in [0.717, 1.165) is 24.0 Å². The smallest absolute Gasteiger partial charge is 0.333 e. The molecule has 1 aliphatic rings. The number of carbonyl (C=O) groups is 1. The molecule has 0 amide bonds. The predicted octanol–water partition coefficient (Wildman–Crippen LogP) is 3.22. The van der Waals surface area contributed by atoms with Gasteiger partial charge in [-0.05, 0) is 36.5 Å². The number of phenols is 1. The molecule has 0 saturated carbocycles. The molecule has 1 unspecified atom stereocenters. The average molecular weight is 260 g/mol. The SMILES string of the molecule is CC(C)C1CC=C(CCc2ccc(O)cc2)C(=O)O1. The molecule has 2 rings (SSSR count). The van der Waals surface area contributed by atoms with Crippen LogP contribution in [0.3, 0.4) is 0 Å². The zero-order valence-electron chi connectivity index (χ0n) is 11.4. The molecule has 19 heavy (non-hydrogen) atoms. The quantitative estimate of drug-likeness (QED) is 0.845. The van der Waals surface area contributed by atoms with E-state index in [2.05, 4.69) is 13.8 Å². The molecule has 1 aromatic rings. The first-order chi connectivity index (χ1) is 9.06. The van der Waals surface area contributed by atoms with Crippen LogP contribution in [0, 0.1) is 5.92 Å². The highest BCUT2D eigenvalue weighted by Gasteiger charge is 2.24. The average Bonchev–Trinajstić information content (AvgIpc) is 2.39. The van der Waals surface area contributed by atoms with Gasteiger partial charge in [0.25, 0.3) is 0 Å². The lowest BCUT2D eigenvalue weighted by Gasteiger charge is -2.25. The minimum absolute atomic E-state index is 0.0184. The molecule has 3 heteroatoms. The summed E-state index contributed by atoms with van der Waals surface area (Å²) in [7, 11) is 0. The second-order valence-electron chi connectivity index (χ2n) is 5.32. The van der Waals surface area contributed by atoms with Gasteiger partial charge in [0.05, 0.1) is 0 Å². The van der Waals surface area contributed by atoms with Crippen LogP contribution in [-0.4, -0.2) is 17.2 Å². The molecule has 0 aliphatic carbocycles. The maximum atomic E-state index is 11.9. The van der Waals surface area contributed by atoms with E-state index in [0.29, 0.717) is 12.3 Å². The highest BCUT2D eigenvalue weighted by molar-refractivity contribution is 5.89. The number of hydrogen-bond donors (Lipinski definition) is 1. The molecule has 0 fully saturated rings. The van der Waals surface area contributed by atoms with Gasteiger partial charge in [-0.15, -0.1) is 0 Å². The van der Waals surface area contributed by atoms with Crippen molar-refractivity contribution in [3.8, 4) is 5.75 Å². The predicted molar refractivity (Wildman–Crippen MR) is 73.8 cm³/mol. The van der Waals surface area contributed by atoms with Crippen molar-refractivity contribution in [2.45, 2.75) is 39.2 Å². The topological polar surface area (TPSA) is 46.5 Å². The molecule has 0 aromatic heterocycles. The number of cyclic esters (lactones) is 1. The second-order valence-corrected chi connectivity index (χ2v) is 5.32. The van der Waals surface area contributed by atoms with Crippen molar-refractivity contribution in [2.24, 2.45) is 5.92 Å². The molecule has 1 heterocycles.